The van der Waals surface area contributed by atoms with E-state index in [-0.39, 0.29) is 19.9 Å². The number of nitrogens with zero attached hydrogens (tertiary/aromatic N) is 3. The van der Waals surface area contributed by atoms with E-state index in [1.54, 1.807) is 10.5 Å². The number of rotatable bonds is 4. The van der Waals surface area contributed by atoms with Crippen molar-refractivity contribution in [2.24, 2.45) is 0 Å². The van der Waals surface area contributed by atoms with Crippen LogP contribution in [-0.4, -0.2) is 91.2 Å². The summed E-state index contributed by atoms with van der Waals surface area (Å²) < 4.78 is 43.1. The van der Waals surface area contributed by atoms with Gasteiger partial charge in [-0.1, -0.05) is 0 Å². The number of piperidine rings is 1. The monoisotopic (exact) mass is 450 g/mol. The van der Waals surface area contributed by atoms with Crippen molar-refractivity contribution in [1.82, 2.24) is 19.2 Å². The smallest absolute Gasteiger partial charge is 0.410 e. The van der Waals surface area contributed by atoms with Crippen molar-refractivity contribution in [2.75, 3.05) is 46.2 Å². The number of aromatic nitrogens is 2. The molecule has 3 saturated heterocycles. The number of likely N-dealkylation sites (tertiary alicyclic amines) is 1. The second-order valence-corrected chi connectivity index (χ2v) is 10.5. The Kier molecular flexibility index (Phi) is 5.59. The van der Waals surface area contributed by atoms with Crippen molar-refractivity contribution < 1.29 is 27.4 Å². The Morgan fingerprint density at radius 2 is 1.94 bits per heavy atom. The van der Waals surface area contributed by atoms with E-state index in [4.69, 9.17) is 14.2 Å². The van der Waals surface area contributed by atoms with Crippen LogP contribution in [0, 0.1) is 0 Å². The normalized spacial score (nSPS) is 22.5. The van der Waals surface area contributed by atoms with E-state index < -0.39 is 27.5 Å². The number of amides is 1. The molecule has 1 amide bonds. The molecule has 1 N–H and O–H groups in total. The average Bonchev–Trinajstić information content (AvgIpc) is 3.17. The molecule has 3 aliphatic heterocycles. The van der Waals surface area contributed by atoms with Gasteiger partial charge in [-0.15, -0.1) is 0 Å². The van der Waals surface area contributed by atoms with Crippen LogP contribution in [0.2, 0.25) is 0 Å². The second-order valence-electron chi connectivity index (χ2n) is 8.25. The van der Waals surface area contributed by atoms with E-state index in [1.165, 1.54) is 10.5 Å². The summed E-state index contributed by atoms with van der Waals surface area (Å²) in [7, 11) is -3.45. The zero-order chi connectivity index (χ0) is 21.4. The predicted octanol–water partition coefficient (Wildman–Crippen LogP) is 1.27. The number of ether oxygens (including phenoxy) is 3. The maximum absolute atomic E-state index is 13.0. The molecule has 10 nitrogen and oxygen atoms in total. The van der Waals surface area contributed by atoms with Gasteiger partial charge in [-0.2, -0.15) is 0 Å². The predicted molar refractivity (Wildman–Crippen MR) is 111 cm³/mol. The minimum Gasteiger partial charge on any atom is -0.441 e. The van der Waals surface area contributed by atoms with Gasteiger partial charge in [0.1, 0.15) is 17.7 Å². The van der Waals surface area contributed by atoms with Crippen molar-refractivity contribution in [2.45, 2.75) is 30.1 Å². The van der Waals surface area contributed by atoms with Gasteiger partial charge in [-0.3, -0.25) is 0 Å². The molecule has 0 saturated carbocycles. The number of pyridine rings is 1. The SMILES string of the molecule is O=C(OC1COCOC1)N1CC(S(=O)(=O)N2CCC(c3c[nH]c4ncccc34)CC2)C1. The van der Waals surface area contributed by atoms with Crippen LogP contribution in [0.15, 0.2) is 24.5 Å². The minimum atomic E-state index is -3.45. The summed E-state index contributed by atoms with van der Waals surface area (Å²) in [5, 5.41) is 0.526. The van der Waals surface area contributed by atoms with Crippen molar-refractivity contribution in [3.05, 3.63) is 30.1 Å². The molecule has 0 aliphatic carbocycles. The third-order valence-corrected chi connectivity index (χ3v) is 8.53. The van der Waals surface area contributed by atoms with Crippen LogP contribution in [0.3, 0.4) is 0 Å². The number of sulfonamides is 1. The van der Waals surface area contributed by atoms with Crippen LogP contribution < -0.4 is 0 Å². The zero-order valence-electron chi connectivity index (χ0n) is 17.1. The lowest BCUT2D eigenvalue weighted by Crippen LogP contribution is -2.61. The summed E-state index contributed by atoms with van der Waals surface area (Å²) >= 11 is 0. The Labute approximate surface area is 180 Å². The first-order chi connectivity index (χ1) is 15.0. The molecular formula is C20H26N4O6S. The molecule has 0 bridgehead atoms. The lowest BCUT2D eigenvalue weighted by Gasteiger charge is -2.42. The standard InChI is InChI=1S/C20H26N4O6S/c25-20(30-15-11-28-13-29-12-15)23-9-16(10-23)31(26,27)24-6-3-14(4-7-24)18-8-22-19-17(18)2-1-5-21-19/h1-2,5,8,14-16H,3-4,6-7,9-13H2,(H,21,22). The number of fused-ring (bicyclic) bond motifs is 1. The Hall–Kier alpha value is -2.21. The number of hydrogen-bond acceptors (Lipinski definition) is 7. The molecule has 0 aromatic carbocycles. The number of nitrogens with one attached hydrogen (secondary N) is 1. The lowest BCUT2D eigenvalue weighted by atomic mass is 9.90. The van der Waals surface area contributed by atoms with Gasteiger partial charge in [0.05, 0.1) is 13.2 Å². The second kappa shape index (κ2) is 8.38. The number of carbonyl (C=O) groups is 1. The van der Waals surface area contributed by atoms with Gasteiger partial charge >= 0.3 is 6.09 Å². The van der Waals surface area contributed by atoms with Crippen molar-refractivity contribution in [3.8, 4) is 0 Å². The molecule has 3 aliphatic rings. The summed E-state index contributed by atoms with van der Waals surface area (Å²) in [5.41, 5.74) is 2.06. The Balaban J connectivity index is 1.14. The van der Waals surface area contributed by atoms with Gasteiger partial charge < -0.3 is 24.1 Å². The fourth-order valence-corrected chi connectivity index (χ4v) is 6.35. The van der Waals surface area contributed by atoms with Crippen molar-refractivity contribution >= 4 is 27.1 Å². The molecule has 168 valence electrons. The van der Waals surface area contributed by atoms with E-state index in [0.717, 1.165) is 23.9 Å². The van der Waals surface area contributed by atoms with Crippen LogP contribution in [0.25, 0.3) is 11.0 Å². The lowest BCUT2D eigenvalue weighted by molar-refractivity contribution is -0.154. The number of aromatic amines is 1. The quantitative estimate of drug-likeness (QED) is 0.746. The van der Waals surface area contributed by atoms with Crippen LogP contribution >= 0.6 is 0 Å². The molecule has 3 fully saturated rings. The van der Waals surface area contributed by atoms with Crippen LogP contribution in [0.4, 0.5) is 4.79 Å². The maximum atomic E-state index is 13.0. The first kappa shape index (κ1) is 20.7. The number of H-pyrrole nitrogens is 1. The van der Waals surface area contributed by atoms with Gasteiger partial charge in [0.15, 0.2) is 6.10 Å². The first-order valence-electron chi connectivity index (χ1n) is 10.5. The molecular weight excluding hydrogens is 424 g/mol. The number of hydrogen-bond donors (Lipinski definition) is 1. The third kappa shape index (κ3) is 4.02. The van der Waals surface area contributed by atoms with Gasteiger partial charge in [-0.05, 0) is 36.5 Å². The molecule has 0 atom stereocenters. The molecule has 11 heteroatoms. The minimum absolute atomic E-state index is 0.156. The topological polar surface area (TPSA) is 114 Å². The van der Waals surface area contributed by atoms with Gasteiger partial charge in [-0.25, -0.2) is 22.5 Å². The first-order valence-corrected chi connectivity index (χ1v) is 12.0. The van der Waals surface area contributed by atoms with Crippen molar-refractivity contribution in [1.29, 1.82) is 0 Å². The van der Waals surface area contributed by atoms with Crippen molar-refractivity contribution in [3.63, 3.8) is 0 Å². The largest absolute Gasteiger partial charge is 0.441 e. The summed E-state index contributed by atoms with van der Waals surface area (Å²) in [6.45, 7) is 2.07. The molecule has 5 rings (SSSR count). The highest BCUT2D eigenvalue weighted by Crippen LogP contribution is 2.34. The highest BCUT2D eigenvalue weighted by atomic mass is 32.2. The highest BCUT2D eigenvalue weighted by Gasteiger charge is 2.44. The molecule has 0 unspecified atom stereocenters. The Bertz CT molecular complexity index is 1040. The van der Waals surface area contributed by atoms with Crippen LogP contribution in [-0.2, 0) is 24.2 Å². The summed E-state index contributed by atoms with van der Waals surface area (Å²) in [6, 6.07) is 3.96. The maximum Gasteiger partial charge on any atom is 0.410 e. The van der Waals surface area contributed by atoms with Gasteiger partial charge in [0, 0.05) is 44.0 Å². The fraction of sp³-hybridized carbons (Fsp3) is 0.600. The van der Waals surface area contributed by atoms with E-state index in [0.29, 0.717) is 32.2 Å². The van der Waals surface area contributed by atoms with Gasteiger partial charge in [0.2, 0.25) is 10.0 Å². The molecule has 31 heavy (non-hydrogen) atoms. The third-order valence-electron chi connectivity index (χ3n) is 6.31. The molecule has 0 radical (unpaired) electrons. The summed E-state index contributed by atoms with van der Waals surface area (Å²) in [5.74, 6) is 0.303. The number of carbonyl (C=O) groups excluding carboxylic acids is 1. The van der Waals surface area contributed by atoms with E-state index in [9.17, 15) is 13.2 Å². The summed E-state index contributed by atoms with van der Waals surface area (Å²) in [6.07, 6.45) is 4.31. The summed E-state index contributed by atoms with van der Waals surface area (Å²) in [4.78, 5) is 21.2. The Morgan fingerprint density at radius 1 is 1.19 bits per heavy atom. The molecule has 5 heterocycles. The van der Waals surface area contributed by atoms with E-state index >= 15 is 0 Å². The zero-order valence-corrected chi connectivity index (χ0v) is 17.9. The van der Waals surface area contributed by atoms with E-state index in [1.807, 2.05) is 18.3 Å². The molecule has 2 aromatic rings. The average molecular weight is 451 g/mol. The highest BCUT2D eigenvalue weighted by molar-refractivity contribution is 7.89. The van der Waals surface area contributed by atoms with Crippen LogP contribution in [0.1, 0.15) is 24.3 Å². The fourth-order valence-electron chi connectivity index (χ4n) is 4.47. The van der Waals surface area contributed by atoms with E-state index in [2.05, 4.69) is 9.97 Å². The van der Waals surface area contributed by atoms with Crippen LogP contribution in [0.5, 0.6) is 0 Å². The van der Waals surface area contributed by atoms with Gasteiger partial charge in [0.25, 0.3) is 0 Å². The molecule has 2 aromatic heterocycles. The molecule has 0 spiro atoms. The Morgan fingerprint density at radius 3 is 2.68 bits per heavy atom.